The summed E-state index contributed by atoms with van der Waals surface area (Å²) in [5, 5.41) is -0.708. The summed E-state index contributed by atoms with van der Waals surface area (Å²) in [4.78, 5) is 14.2. The van der Waals surface area contributed by atoms with Gasteiger partial charge in [0.2, 0.25) is 10.0 Å². The lowest BCUT2D eigenvalue weighted by atomic mass is 9.95. The van der Waals surface area contributed by atoms with Gasteiger partial charge in [0.15, 0.2) is 0 Å². The van der Waals surface area contributed by atoms with Crippen molar-refractivity contribution in [1.82, 2.24) is 9.62 Å². The lowest BCUT2D eigenvalue weighted by molar-refractivity contribution is -0.143. The first-order valence-corrected chi connectivity index (χ1v) is 13.4. The predicted molar refractivity (Wildman–Crippen MR) is 124 cm³/mol. The summed E-state index contributed by atoms with van der Waals surface area (Å²) in [5.74, 6) is -4.71. The molecule has 2 aromatic rings. The smallest absolute Gasteiger partial charge is 0.283 e. The summed E-state index contributed by atoms with van der Waals surface area (Å²) in [5.41, 5.74) is 1.07. The zero-order valence-electron chi connectivity index (χ0n) is 19.0. The van der Waals surface area contributed by atoms with Crippen molar-refractivity contribution in [2.75, 3.05) is 13.2 Å². The van der Waals surface area contributed by atoms with Gasteiger partial charge in [0.1, 0.15) is 18.0 Å². The van der Waals surface area contributed by atoms with Crippen LogP contribution >= 0.6 is 0 Å². The van der Waals surface area contributed by atoms with Crippen LogP contribution < -0.4 is 4.72 Å². The first kappa shape index (κ1) is 24.3. The number of likely N-dealkylation sites (tertiary alicyclic amines) is 1. The van der Waals surface area contributed by atoms with Crippen molar-refractivity contribution in [3.8, 4) is 11.1 Å². The highest BCUT2D eigenvalue weighted by Crippen LogP contribution is 2.38. The molecule has 3 aliphatic rings. The molecule has 1 saturated carbocycles. The fraction of sp³-hybridized carbons (Fsp3) is 0.480. The molecule has 1 amide bonds. The van der Waals surface area contributed by atoms with E-state index in [2.05, 4.69) is 4.72 Å². The number of benzene rings is 2. The van der Waals surface area contributed by atoms with Crippen molar-refractivity contribution < 1.29 is 31.1 Å². The van der Waals surface area contributed by atoms with Crippen molar-refractivity contribution in [3.05, 3.63) is 59.9 Å². The Balaban J connectivity index is 1.50. The van der Waals surface area contributed by atoms with Gasteiger partial charge < -0.3 is 9.64 Å². The Hall–Kier alpha value is -2.43. The second-order valence-electron chi connectivity index (χ2n) is 9.48. The molecule has 3 atom stereocenters. The molecule has 10 heteroatoms. The van der Waals surface area contributed by atoms with Gasteiger partial charge in [-0.05, 0) is 43.2 Å². The van der Waals surface area contributed by atoms with Gasteiger partial charge in [-0.2, -0.15) is 0 Å². The zero-order valence-corrected chi connectivity index (χ0v) is 19.8. The lowest BCUT2D eigenvalue weighted by Crippen LogP contribution is -2.53. The standard InChI is InChI=1S/C25H27F3N2O4S/c26-22-17(8-4-9-19(22)16-6-2-1-3-7-16)14-20-23(29-35(32,33)18-11-12-18)25(27,28)15-30(20)24(31)21-10-5-13-34-21/h1-4,6-9,18,20-21,23,29H,5,10-15H2/t20-,21+,23+/m0/s1. The third-order valence-electron chi connectivity index (χ3n) is 6.96. The molecular weight excluding hydrogens is 481 g/mol. The highest BCUT2D eigenvalue weighted by Gasteiger charge is 2.58. The fourth-order valence-electron chi connectivity index (χ4n) is 4.95. The van der Waals surface area contributed by atoms with Crippen molar-refractivity contribution in [1.29, 1.82) is 0 Å². The molecule has 2 aromatic carbocycles. The van der Waals surface area contributed by atoms with E-state index in [0.717, 1.165) is 4.90 Å². The predicted octanol–water partition coefficient (Wildman–Crippen LogP) is 3.51. The number of sulfonamides is 1. The molecule has 3 fully saturated rings. The van der Waals surface area contributed by atoms with Gasteiger partial charge in [-0.25, -0.2) is 26.3 Å². The topological polar surface area (TPSA) is 75.7 Å². The minimum Gasteiger partial charge on any atom is -0.368 e. The number of nitrogens with zero attached hydrogens (tertiary/aromatic N) is 1. The van der Waals surface area contributed by atoms with E-state index in [-0.39, 0.29) is 12.0 Å². The SMILES string of the molecule is O=C([C@H]1CCCO1)N1CC(F)(F)[C@H](NS(=O)(=O)C2CC2)[C@@H]1Cc1cccc(-c2ccccc2)c1F. The van der Waals surface area contributed by atoms with Gasteiger partial charge in [-0.15, -0.1) is 0 Å². The third kappa shape index (κ3) is 4.83. The Labute approximate surface area is 202 Å². The number of amides is 1. The van der Waals surface area contributed by atoms with Crippen LogP contribution in [0, 0.1) is 5.82 Å². The highest BCUT2D eigenvalue weighted by atomic mass is 32.2. The molecule has 35 heavy (non-hydrogen) atoms. The van der Waals surface area contributed by atoms with Crippen LogP contribution in [-0.2, 0) is 26.0 Å². The number of alkyl halides is 2. The minimum atomic E-state index is -3.99. The number of nitrogens with one attached hydrogen (secondary N) is 1. The molecular formula is C25H27F3N2O4S. The number of ether oxygens (including phenoxy) is 1. The second kappa shape index (κ2) is 9.22. The van der Waals surface area contributed by atoms with Crippen LogP contribution in [0.2, 0.25) is 0 Å². The van der Waals surface area contributed by atoms with Crippen LogP contribution in [-0.4, -0.2) is 61.7 Å². The molecule has 5 rings (SSSR count). The Morgan fingerprint density at radius 1 is 1.09 bits per heavy atom. The summed E-state index contributed by atoms with van der Waals surface area (Å²) >= 11 is 0. The first-order valence-electron chi connectivity index (χ1n) is 11.8. The third-order valence-corrected chi connectivity index (χ3v) is 8.89. The molecule has 0 radical (unpaired) electrons. The molecule has 2 saturated heterocycles. The van der Waals surface area contributed by atoms with Crippen LogP contribution in [0.15, 0.2) is 48.5 Å². The molecule has 188 valence electrons. The van der Waals surface area contributed by atoms with Gasteiger partial charge in [0, 0.05) is 12.2 Å². The largest absolute Gasteiger partial charge is 0.368 e. The number of hydrogen-bond acceptors (Lipinski definition) is 4. The molecule has 0 bridgehead atoms. The quantitative estimate of drug-likeness (QED) is 0.621. The second-order valence-corrected chi connectivity index (χ2v) is 11.5. The van der Waals surface area contributed by atoms with E-state index in [1.165, 1.54) is 6.07 Å². The van der Waals surface area contributed by atoms with Gasteiger partial charge in [0.05, 0.1) is 17.8 Å². The number of rotatable bonds is 7. The van der Waals surface area contributed by atoms with E-state index in [4.69, 9.17) is 4.74 Å². The fourth-order valence-corrected chi connectivity index (χ4v) is 6.58. The number of hydrogen-bond donors (Lipinski definition) is 1. The molecule has 1 aliphatic carbocycles. The van der Waals surface area contributed by atoms with Crippen LogP contribution in [0.4, 0.5) is 13.2 Å². The van der Waals surface area contributed by atoms with E-state index >= 15 is 13.2 Å². The summed E-state index contributed by atoms with van der Waals surface area (Å²) in [7, 11) is -3.99. The lowest BCUT2D eigenvalue weighted by Gasteiger charge is -2.30. The van der Waals surface area contributed by atoms with Gasteiger partial charge in [-0.1, -0.05) is 48.5 Å². The highest BCUT2D eigenvalue weighted by molar-refractivity contribution is 7.90. The van der Waals surface area contributed by atoms with Gasteiger partial charge >= 0.3 is 0 Å². The molecule has 0 aromatic heterocycles. The summed E-state index contributed by atoms with van der Waals surface area (Å²) in [6.45, 7) is -0.592. The maximum absolute atomic E-state index is 15.6. The van der Waals surface area contributed by atoms with E-state index in [1.54, 1.807) is 42.5 Å². The van der Waals surface area contributed by atoms with Crippen LogP contribution in [0.25, 0.3) is 11.1 Å². The zero-order chi connectivity index (χ0) is 24.8. The Morgan fingerprint density at radius 3 is 2.49 bits per heavy atom. The number of carbonyl (C=O) groups excluding carboxylic acids is 1. The monoisotopic (exact) mass is 508 g/mol. The average molecular weight is 509 g/mol. The number of halogens is 3. The maximum atomic E-state index is 15.6. The first-order chi connectivity index (χ1) is 16.7. The summed E-state index contributed by atoms with van der Waals surface area (Å²) < 4.78 is 79.0. The molecule has 2 heterocycles. The van der Waals surface area contributed by atoms with E-state index < -0.39 is 57.7 Å². The van der Waals surface area contributed by atoms with Crippen molar-refractivity contribution in [2.24, 2.45) is 0 Å². The van der Waals surface area contributed by atoms with Gasteiger partial charge in [0.25, 0.3) is 11.8 Å². The Bertz CT molecular complexity index is 1200. The molecule has 1 N–H and O–H groups in total. The minimum absolute atomic E-state index is 0.134. The normalized spacial score (nSPS) is 26.3. The average Bonchev–Trinajstić information content (AvgIpc) is 3.51. The Morgan fingerprint density at radius 2 is 1.83 bits per heavy atom. The number of carbonyl (C=O) groups is 1. The van der Waals surface area contributed by atoms with Crippen molar-refractivity contribution >= 4 is 15.9 Å². The molecule has 0 unspecified atom stereocenters. The van der Waals surface area contributed by atoms with E-state index in [1.807, 2.05) is 0 Å². The Kier molecular flexibility index (Phi) is 6.39. The van der Waals surface area contributed by atoms with Gasteiger partial charge in [-0.3, -0.25) is 4.79 Å². The maximum Gasteiger partial charge on any atom is 0.283 e. The van der Waals surface area contributed by atoms with Crippen LogP contribution in [0.1, 0.15) is 31.2 Å². The van der Waals surface area contributed by atoms with E-state index in [0.29, 0.717) is 43.4 Å². The molecule has 2 aliphatic heterocycles. The molecule has 6 nitrogen and oxygen atoms in total. The van der Waals surface area contributed by atoms with Crippen molar-refractivity contribution in [3.63, 3.8) is 0 Å². The van der Waals surface area contributed by atoms with E-state index in [9.17, 15) is 13.2 Å². The van der Waals surface area contributed by atoms with Crippen LogP contribution in [0.5, 0.6) is 0 Å². The summed E-state index contributed by atoms with van der Waals surface area (Å²) in [6.07, 6.45) is 0.738. The molecule has 0 spiro atoms. The summed E-state index contributed by atoms with van der Waals surface area (Å²) in [6, 6.07) is 10.4. The van der Waals surface area contributed by atoms with Crippen LogP contribution in [0.3, 0.4) is 0 Å². The van der Waals surface area contributed by atoms with Crippen molar-refractivity contribution in [2.45, 2.75) is 61.5 Å².